The van der Waals surface area contributed by atoms with Crippen molar-refractivity contribution in [3.63, 3.8) is 0 Å². The molecule has 0 bridgehead atoms. The van der Waals surface area contributed by atoms with Crippen LogP contribution in [-0.4, -0.2) is 41.3 Å². The summed E-state index contributed by atoms with van der Waals surface area (Å²) in [7, 11) is 0. The molecule has 0 unspecified atom stereocenters. The standard InChI is InChI=1S/C15H21NO5/c1-10-3-4-12(9-11(10)2)21-8-6-14(18)16-7-5-13(17)15(19)20/h3-4,9,13,17H,5-8H2,1-2H3,(H,16,18)(H,19,20)/t13-/m0/s1. The largest absolute Gasteiger partial charge is 0.493 e. The van der Waals surface area contributed by atoms with Gasteiger partial charge in [0.1, 0.15) is 5.75 Å². The van der Waals surface area contributed by atoms with Gasteiger partial charge in [0.05, 0.1) is 13.0 Å². The van der Waals surface area contributed by atoms with Crippen LogP contribution >= 0.6 is 0 Å². The summed E-state index contributed by atoms with van der Waals surface area (Å²) in [6, 6.07) is 5.72. The van der Waals surface area contributed by atoms with Gasteiger partial charge in [-0.1, -0.05) is 6.07 Å². The number of aryl methyl sites for hydroxylation is 2. The van der Waals surface area contributed by atoms with Crippen molar-refractivity contribution in [3.8, 4) is 5.75 Å². The van der Waals surface area contributed by atoms with E-state index < -0.39 is 12.1 Å². The van der Waals surface area contributed by atoms with Gasteiger partial charge < -0.3 is 20.3 Å². The van der Waals surface area contributed by atoms with Crippen LogP contribution in [-0.2, 0) is 9.59 Å². The van der Waals surface area contributed by atoms with E-state index in [2.05, 4.69) is 5.32 Å². The summed E-state index contributed by atoms with van der Waals surface area (Å²) in [6.07, 6.45) is -1.29. The fourth-order valence-corrected chi connectivity index (χ4v) is 1.63. The van der Waals surface area contributed by atoms with Crippen molar-refractivity contribution in [1.82, 2.24) is 5.32 Å². The van der Waals surface area contributed by atoms with Gasteiger partial charge in [0.25, 0.3) is 0 Å². The quantitative estimate of drug-likeness (QED) is 0.665. The molecule has 0 aliphatic rings. The number of aliphatic hydroxyl groups is 1. The summed E-state index contributed by atoms with van der Waals surface area (Å²) in [5.74, 6) is -0.814. The van der Waals surface area contributed by atoms with Crippen LogP contribution in [0.5, 0.6) is 5.75 Å². The third-order valence-corrected chi connectivity index (χ3v) is 3.10. The zero-order chi connectivity index (χ0) is 15.8. The van der Waals surface area contributed by atoms with Gasteiger partial charge in [-0.05, 0) is 37.1 Å². The van der Waals surface area contributed by atoms with Crippen molar-refractivity contribution in [2.24, 2.45) is 0 Å². The lowest BCUT2D eigenvalue weighted by Crippen LogP contribution is -2.30. The SMILES string of the molecule is Cc1ccc(OCCC(=O)NCC[C@H](O)C(=O)O)cc1C. The molecule has 116 valence electrons. The molecular weight excluding hydrogens is 274 g/mol. The first-order valence-electron chi connectivity index (χ1n) is 6.77. The van der Waals surface area contributed by atoms with Crippen molar-refractivity contribution < 1.29 is 24.5 Å². The summed E-state index contributed by atoms with van der Waals surface area (Å²) in [5.41, 5.74) is 2.30. The Hall–Kier alpha value is -2.08. The average molecular weight is 295 g/mol. The van der Waals surface area contributed by atoms with Crippen LogP contribution in [0.15, 0.2) is 18.2 Å². The molecule has 1 atom stereocenters. The number of hydrogen-bond donors (Lipinski definition) is 3. The summed E-state index contributed by atoms with van der Waals surface area (Å²) < 4.78 is 5.47. The molecule has 0 heterocycles. The van der Waals surface area contributed by atoms with Crippen molar-refractivity contribution >= 4 is 11.9 Å². The minimum atomic E-state index is -1.45. The number of benzene rings is 1. The Balaban J connectivity index is 2.21. The second-order valence-electron chi connectivity index (χ2n) is 4.84. The molecule has 0 spiro atoms. The third kappa shape index (κ3) is 6.27. The van der Waals surface area contributed by atoms with E-state index in [1.165, 1.54) is 5.56 Å². The molecule has 6 heteroatoms. The number of rotatable bonds is 8. The van der Waals surface area contributed by atoms with Gasteiger partial charge in [-0.2, -0.15) is 0 Å². The number of hydrogen-bond acceptors (Lipinski definition) is 4. The second kappa shape index (κ2) is 8.26. The first-order valence-corrected chi connectivity index (χ1v) is 6.77. The predicted octanol–water partition coefficient (Wildman–Crippen LogP) is 1.02. The van der Waals surface area contributed by atoms with E-state index in [1.54, 1.807) is 0 Å². The summed E-state index contributed by atoms with van der Waals surface area (Å²) >= 11 is 0. The van der Waals surface area contributed by atoms with Gasteiger partial charge in [0.2, 0.25) is 5.91 Å². The number of nitrogens with one attached hydrogen (secondary N) is 1. The molecular formula is C15H21NO5. The smallest absolute Gasteiger partial charge is 0.332 e. The van der Waals surface area contributed by atoms with Crippen molar-refractivity contribution in [3.05, 3.63) is 29.3 Å². The number of aliphatic hydroxyl groups excluding tert-OH is 1. The normalized spacial score (nSPS) is 11.8. The molecule has 1 amide bonds. The van der Waals surface area contributed by atoms with E-state index in [0.717, 1.165) is 5.56 Å². The number of amides is 1. The maximum Gasteiger partial charge on any atom is 0.332 e. The number of carbonyl (C=O) groups excluding carboxylic acids is 1. The fourth-order valence-electron chi connectivity index (χ4n) is 1.63. The highest BCUT2D eigenvalue weighted by Gasteiger charge is 2.12. The number of carbonyl (C=O) groups is 2. The summed E-state index contributed by atoms with van der Waals surface area (Å²) in [4.78, 5) is 21.9. The third-order valence-electron chi connectivity index (χ3n) is 3.10. The van der Waals surface area contributed by atoms with Gasteiger partial charge in [-0.15, -0.1) is 0 Å². The van der Waals surface area contributed by atoms with Gasteiger partial charge in [0, 0.05) is 13.0 Å². The zero-order valence-corrected chi connectivity index (χ0v) is 12.3. The lowest BCUT2D eigenvalue weighted by atomic mass is 10.1. The Kier molecular flexibility index (Phi) is 6.68. The molecule has 6 nitrogen and oxygen atoms in total. The maximum absolute atomic E-state index is 11.5. The molecule has 1 aromatic rings. The molecule has 1 rings (SSSR count). The molecule has 0 aliphatic carbocycles. The Bertz CT molecular complexity index is 501. The van der Waals surface area contributed by atoms with Crippen molar-refractivity contribution in [2.45, 2.75) is 32.8 Å². The second-order valence-corrected chi connectivity index (χ2v) is 4.84. The number of aliphatic carboxylic acids is 1. The first-order chi connectivity index (χ1) is 9.90. The highest BCUT2D eigenvalue weighted by molar-refractivity contribution is 5.76. The number of carboxylic acid groups (broad SMARTS) is 1. The van der Waals surface area contributed by atoms with E-state index in [9.17, 15) is 9.59 Å². The molecule has 0 radical (unpaired) electrons. The summed E-state index contributed by atoms with van der Waals surface area (Å²) in [5, 5.41) is 20.0. The highest BCUT2D eigenvalue weighted by Crippen LogP contribution is 2.16. The van der Waals surface area contributed by atoms with Crippen LogP contribution in [0.3, 0.4) is 0 Å². The van der Waals surface area contributed by atoms with Crippen LogP contribution in [0, 0.1) is 13.8 Å². The fraction of sp³-hybridized carbons (Fsp3) is 0.467. The number of carboxylic acids is 1. The van der Waals surface area contributed by atoms with Crippen molar-refractivity contribution in [2.75, 3.05) is 13.2 Å². The predicted molar refractivity (Wildman–Crippen MR) is 77.3 cm³/mol. The first kappa shape index (κ1) is 17.0. The van der Waals surface area contributed by atoms with Gasteiger partial charge in [0.15, 0.2) is 6.10 Å². The van der Waals surface area contributed by atoms with Crippen LogP contribution in [0.2, 0.25) is 0 Å². The van der Waals surface area contributed by atoms with E-state index in [4.69, 9.17) is 14.9 Å². The van der Waals surface area contributed by atoms with E-state index in [-0.39, 0.29) is 31.9 Å². The minimum Gasteiger partial charge on any atom is -0.493 e. The van der Waals surface area contributed by atoms with Crippen LogP contribution < -0.4 is 10.1 Å². The number of ether oxygens (including phenoxy) is 1. The van der Waals surface area contributed by atoms with Crippen LogP contribution in [0.25, 0.3) is 0 Å². The van der Waals surface area contributed by atoms with E-state index in [1.807, 2.05) is 32.0 Å². The topological polar surface area (TPSA) is 95.9 Å². The average Bonchev–Trinajstić information content (AvgIpc) is 2.42. The van der Waals surface area contributed by atoms with Gasteiger partial charge in [-0.25, -0.2) is 4.79 Å². The van der Waals surface area contributed by atoms with Gasteiger partial charge >= 0.3 is 5.97 Å². The molecule has 21 heavy (non-hydrogen) atoms. The van der Waals surface area contributed by atoms with Crippen LogP contribution in [0.1, 0.15) is 24.0 Å². The monoisotopic (exact) mass is 295 g/mol. The lowest BCUT2D eigenvalue weighted by Gasteiger charge is -2.09. The van der Waals surface area contributed by atoms with Crippen molar-refractivity contribution in [1.29, 1.82) is 0 Å². The highest BCUT2D eigenvalue weighted by atomic mass is 16.5. The minimum absolute atomic E-state index is 0.0148. The van der Waals surface area contributed by atoms with Crippen LogP contribution in [0.4, 0.5) is 0 Å². The molecule has 0 saturated heterocycles. The Labute approximate surface area is 123 Å². The van der Waals surface area contributed by atoms with E-state index in [0.29, 0.717) is 5.75 Å². The molecule has 0 fully saturated rings. The Morgan fingerprint density at radius 3 is 2.62 bits per heavy atom. The maximum atomic E-state index is 11.5. The Morgan fingerprint density at radius 1 is 1.29 bits per heavy atom. The molecule has 0 aliphatic heterocycles. The zero-order valence-electron chi connectivity index (χ0n) is 12.3. The van der Waals surface area contributed by atoms with Gasteiger partial charge in [-0.3, -0.25) is 4.79 Å². The van der Waals surface area contributed by atoms with E-state index >= 15 is 0 Å². The molecule has 0 saturated carbocycles. The molecule has 0 aromatic heterocycles. The molecule has 3 N–H and O–H groups in total. The summed E-state index contributed by atoms with van der Waals surface area (Å²) in [6.45, 7) is 4.37. The molecule has 1 aromatic carbocycles. The lowest BCUT2D eigenvalue weighted by molar-refractivity contribution is -0.147. The Morgan fingerprint density at radius 2 is 2.00 bits per heavy atom.